The standard InChI is InChI=1S/C34H31N3O7S2/c1-21(38)41-20-27(42-22(2)39)34(24-13-7-4-8-14-24)31(43-23(3)40)30-32(44-34)36(26-17-11-6-12-18-26)33-35(25-15-9-5-10-16-25)28(45)19-29(46)37(30)33/h4-19,27,30-32H,20H2,1-3H3/t27-,30-,31-,32+,34-/m1/s1. The second kappa shape index (κ2) is 12.6. The molecule has 1 saturated heterocycles. The molecule has 1 aromatic heterocycles. The Morgan fingerprint density at radius 1 is 0.891 bits per heavy atom. The predicted molar refractivity (Wildman–Crippen MR) is 171 cm³/mol. The summed E-state index contributed by atoms with van der Waals surface area (Å²) in [5.74, 6) is -1.22. The van der Waals surface area contributed by atoms with Crippen LogP contribution < -0.4 is 9.47 Å². The Hall–Kier alpha value is -4.65. The fourth-order valence-electron chi connectivity index (χ4n) is 6.39. The molecular weight excluding hydrogens is 627 g/mol. The van der Waals surface area contributed by atoms with Crippen LogP contribution >= 0.6 is 12.2 Å². The Kier molecular flexibility index (Phi) is 8.60. The first kappa shape index (κ1) is 31.3. The number of fused-ring (bicyclic) bond motifs is 3. The molecule has 1 fully saturated rings. The molecule has 0 aliphatic carbocycles. The fraction of sp³-hybridized carbons (Fsp3) is 0.265. The number of benzene rings is 3. The molecule has 46 heavy (non-hydrogen) atoms. The summed E-state index contributed by atoms with van der Waals surface area (Å²) in [6.45, 7) is 3.46. The first-order valence-electron chi connectivity index (χ1n) is 14.6. The first-order valence-corrected chi connectivity index (χ1v) is 15.4. The smallest absolute Gasteiger partial charge is 0.372 e. The van der Waals surface area contributed by atoms with Crippen molar-refractivity contribution in [2.24, 2.45) is 0 Å². The number of para-hydroxylation sites is 2. The number of aromatic nitrogens is 2. The number of nitrogens with zero attached hydrogens (tertiary/aromatic N) is 3. The summed E-state index contributed by atoms with van der Waals surface area (Å²) in [4.78, 5) is 39.6. The molecule has 236 valence electrons. The molecule has 3 heterocycles. The maximum atomic E-state index is 13.0. The van der Waals surface area contributed by atoms with E-state index in [2.05, 4.69) is 0 Å². The monoisotopic (exact) mass is 657 g/mol. The summed E-state index contributed by atoms with van der Waals surface area (Å²) in [5.41, 5.74) is 0.439. The van der Waals surface area contributed by atoms with E-state index in [0.29, 0.717) is 21.2 Å². The van der Waals surface area contributed by atoms with E-state index in [1.807, 2.05) is 80.8 Å². The quantitative estimate of drug-likeness (QED) is 0.0658. The van der Waals surface area contributed by atoms with Gasteiger partial charge in [0.05, 0.1) is 0 Å². The van der Waals surface area contributed by atoms with Gasteiger partial charge in [0, 0.05) is 26.8 Å². The highest BCUT2D eigenvalue weighted by molar-refractivity contribution is 7.71. The summed E-state index contributed by atoms with van der Waals surface area (Å²) in [5, 5.41) is 0.384. The summed E-state index contributed by atoms with van der Waals surface area (Å²) < 4.78 is 29.0. The van der Waals surface area contributed by atoms with Crippen LogP contribution in [0.3, 0.4) is 0 Å². The van der Waals surface area contributed by atoms with E-state index >= 15 is 0 Å². The van der Waals surface area contributed by atoms with Gasteiger partial charge in [0.2, 0.25) is 6.23 Å². The minimum Gasteiger partial charge on any atom is -0.746 e. The largest absolute Gasteiger partial charge is 0.746 e. The van der Waals surface area contributed by atoms with Gasteiger partial charge in [-0.05, 0) is 47.1 Å². The summed E-state index contributed by atoms with van der Waals surface area (Å²) in [7, 11) is 0. The van der Waals surface area contributed by atoms with Crippen molar-refractivity contribution < 1.29 is 37.9 Å². The zero-order valence-corrected chi connectivity index (χ0v) is 26.9. The Labute approximate surface area is 276 Å². The second-order valence-corrected chi connectivity index (χ2v) is 11.8. The number of hydrogen-bond acceptors (Lipinski definition) is 10. The fourth-order valence-corrected chi connectivity index (χ4v) is 7.08. The van der Waals surface area contributed by atoms with Gasteiger partial charge in [0.1, 0.15) is 18.0 Å². The molecule has 0 bridgehead atoms. The lowest BCUT2D eigenvalue weighted by Crippen LogP contribution is -2.58. The highest BCUT2D eigenvalue weighted by Gasteiger charge is 2.71. The third-order valence-corrected chi connectivity index (χ3v) is 8.64. The molecule has 5 atom stereocenters. The zero-order chi connectivity index (χ0) is 32.6. The minimum absolute atomic E-state index is 0.361. The summed E-state index contributed by atoms with van der Waals surface area (Å²) in [6.07, 6.45) is -3.21. The molecule has 0 spiro atoms. The Morgan fingerprint density at radius 3 is 2.04 bits per heavy atom. The summed E-state index contributed by atoms with van der Waals surface area (Å²) >= 11 is 11.9. The maximum Gasteiger partial charge on any atom is 0.372 e. The van der Waals surface area contributed by atoms with Crippen LogP contribution in [0.4, 0.5) is 11.6 Å². The molecule has 0 saturated carbocycles. The average Bonchev–Trinajstić information content (AvgIpc) is 3.52. The number of hydrogen-bond donors (Lipinski definition) is 0. The number of esters is 3. The molecule has 0 N–H and O–H groups in total. The van der Waals surface area contributed by atoms with Crippen LogP contribution in [0.1, 0.15) is 32.4 Å². The highest BCUT2D eigenvalue weighted by Crippen LogP contribution is 2.54. The Balaban J connectivity index is 1.68. The lowest BCUT2D eigenvalue weighted by atomic mass is 9.81. The first-order chi connectivity index (χ1) is 22.1. The van der Waals surface area contributed by atoms with E-state index in [4.69, 9.17) is 43.8 Å². The van der Waals surface area contributed by atoms with Crippen molar-refractivity contribution in [2.45, 2.75) is 55.9 Å². The third-order valence-electron chi connectivity index (χ3n) is 8.02. The van der Waals surface area contributed by atoms with Crippen molar-refractivity contribution in [3.05, 3.63) is 107 Å². The molecule has 10 nitrogen and oxygen atoms in total. The van der Waals surface area contributed by atoms with Crippen molar-refractivity contribution in [2.75, 3.05) is 11.5 Å². The normalized spacial score (nSPS) is 22.0. The number of ether oxygens (including phenoxy) is 4. The van der Waals surface area contributed by atoms with Crippen LogP contribution in [-0.2, 0) is 51.6 Å². The third kappa shape index (κ3) is 5.42. The van der Waals surface area contributed by atoms with Crippen LogP contribution in [0, 0.1) is 4.64 Å². The van der Waals surface area contributed by atoms with Crippen LogP contribution in [0.5, 0.6) is 0 Å². The maximum absolute atomic E-state index is 13.0. The van der Waals surface area contributed by atoms with Gasteiger partial charge in [-0.3, -0.25) is 14.4 Å². The van der Waals surface area contributed by atoms with Gasteiger partial charge >= 0.3 is 23.9 Å². The van der Waals surface area contributed by atoms with Crippen molar-refractivity contribution in [1.82, 2.24) is 4.57 Å². The molecule has 2 aliphatic rings. The van der Waals surface area contributed by atoms with Gasteiger partial charge in [-0.15, -0.1) is 0 Å². The summed E-state index contributed by atoms with van der Waals surface area (Å²) in [6, 6.07) is 29.1. The molecular formula is C34H31N3O7S2. The van der Waals surface area contributed by atoms with E-state index in [1.54, 1.807) is 30.3 Å². The van der Waals surface area contributed by atoms with Crippen molar-refractivity contribution in [1.29, 1.82) is 0 Å². The van der Waals surface area contributed by atoms with Gasteiger partial charge in [0.25, 0.3) is 0 Å². The number of rotatable bonds is 8. The predicted octanol–water partition coefficient (Wildman–Crippen LogP) is 4.77. The molecule has 2 aliphatic heterocycles. The van der Waals surface area contributed by atoms with Gasteiger partial charge in [0.15, 0.2) is 28.5 Å². The molecule has 0 radical (unpaired) electrons. The van der Waals surface area contributed by atoms with Crippen molar-refractivity contribution in [3.63, 3.8) is 0 Å². The molecule has 0 unspecified atom stereocenters. The highest BCUT2D eigenvalue weighted by atomic mass is 32.1. The molecule has 3 aromatic carbocycles. The van der Waals surface area contributed by atoms with Crippen molar-refractivity contribution >= 4 is 54.4 Å². The van der Waals surface area contributed by atoms with E-state index in [9.17, 15) is 14.4 Å². The zero-order valence-electron chi connectivity index (χ0n) is 25.3. The number of carbonyl (C=O) groups is 3. The number of anilines is 2. The molecule has 4 aromatic rings. The molecule has 6 rings (SSSR count). The molecule has 0 amide bonds. The van der Waals surface area contributed by atoms with Gasteiger partial charge in [-0.25, -0.2) is 9.47 Å². The van der Waals surface area contributed by atoms with E-state index in [0.717, 1.165) is 11.4 Å². The Bertz CT molecular complexity index is 1840. The van der Waals surface area contributed by atoms with Crippen LogP contribution in [0.2, 0.25) is 0 Å². The Morgan fingerprint density at radius 2 is 1.48 bits per heavy atom. The topological polar surface area (TPSA) is 100 Å². The lowest BCUT2D eigenvalue weighted by Gasteiger charge is -2.40. The van der Waals surface area contributed by atoms with Crippen LogP contribution in [0.25, 0.3) is 5.69 Å². The van der Waals surface area contributed by atoms with E-state index in [-0.39, 0.29) is 6.61 Å². The minimum atomic E-state index is -1.65. The lowest BCUT2D eigenvalue weighted by molar-refractivity contribution is -0.743. The van der Waals surface area contributed by atoms with Gasteiger partial charge in [-0.1, -0.05) is 66.7 Å². The van der Waals surface area contributed by atoms with Crippen LogP contribution in [-0.4, -0.2) is 47.5 Å². The van der Waals surface area contributed by atoms with Crippen LogP contribution in [0.15, 0.2) is 102 Å². The van der Waals surface area contributed by atoms with Gasteiger partial charge < -0.3 is 31.6 Å². The SMILES string of the molecule is CC(=O)OC[C@@H](OC(C)=O)[C@@]1(c2ccccc2)O[C@H]2[C@@H]([C@H]1OC(C)=O)[n+]1c([S-])cc(=S)n(-c3ccccc3)c1N2c1ccccc1. The van der Waals surface area contributed by atoms with E-state index < -0.39 is 48.0 Å². The average molecular weight is 658 g/mol. The van der Waals surface area contributed by atoms with Gasteiger partial charge in [-0.2, -0.15) is 4.57 Å². The molecule has 12 heteroatoms. The second-order valence-electron chi connectivity index (χ2n) is 11.0. The van der Waals surface area contributed by atoms with Crippen molar-refractivity contribution in [3.8, 4) is 5.69 Å². The number of carbonyl (C=O) groups excluding carboxylic acids is 3. The van der Waals surface area contributed by atoms with E-state index in [1.165, 1.54) is 20.8 Å².